The molecule has 1 fully saturated rings. The Morgan fingerprint density at radius 2 is 2.17 bits per heavy atom. The van der Waals surface area contributed by atoms with Crippen LogP contribution < -0.4 is 11.1 Å². The van der Waals surface area contributed by atoms with Crippen molar-refractivity contribution >= 4 is 18.3 Å². The summed E-state index contributed by atoms with van der Waals surface area (Å²) in [6, 6.07) is 4.98. The van der Waals surface area contributed by atoms with Gasteiger partial charge in [-0.25, -0.2) is 0 Å². The summed E-state index contributed by atoms with van der Waals surface area (Å²) in [7, 11) is 0. The Morgan fingerprint density at radius 1 is 1.50 bits per heavy atom. The molecule has 0 saturated heterocycles. The maximum absolute atomic E-state index is 11.9. The average Bonchev–Trinajstić information content (AvgIpc) is 2.26. The molecule has 4 N–H and O–H groups in total. The molecule has 5 heteroatoms. The summed E-state index contributed by atoms with van der Waals surface area (Å²) in [6.07, 6.45) is 3.03. The van der Waals surface area contributed by atoms with Crippen LogP contribution in [0.15, 0.2) is 18.2 Å². The minimum Gasteiger partial charge on any atom is -0.507 e. The highest BCUT2D eigenvalue weighted by Crippen LogP contribution is 2.28. The van der Waals surface area contributed by atoms with Gasteiger partial charge in [-0.05, 0) is 38.3 Å². The molecular formula is C13H19ClN2O2. The van der Waals surface area contributed by atoms with Crippen LogP contribution in [0.1, 0.15) is 35.2 Å². The molecule has 1 aliphatic carbocycles. The molecule has 18 heavy (non-hydrogen) atoms. The smallest absolute Gasteiger partial charge is 0.255 e. The van der Waals surface area contributed by atoms with Crippen molar-refractivity contribution in [2.24, 2.45) is 5.73 Å². The van der Waals surface area contributed by atoms with Crippen molar-refractivity contribution in [3.8, 4) is 5.75 Å². The summed E-state index contributed by atoms with van der Waals surface area (Å²) >= 11 is 0. The summed E-state index contributed by atoms with van der Waals surface area (Å²) in [6.45, 7) is 2.35. The highest BCUT2D eigenvalue weighted by atomic mass is 35.5. The molecule has 1 saturated carbocycles. The number of nitrogens with two attached hydrogens (primary N) is 1. The molecule has 2 rings (SSSR count). The molecule has 4 nitrogen and oxygen atoms in total. The van der Waals surface area contributed by atoms with Gasteiger partial charge in [-0.15, -0.1) is 12.4 Å². The van der Waals surface area contributed by atoms with E-state index in [4.69, 9.17) is 5.73 Å². The van der Waals surface area contributed by atoms with E-state index >= 15 is 0 Å². The van der Waals surface area contributed by atoms with Crippen LogP contribution in [-0.4, -0.2) is 23.1 Å². The molecule has 0 bridgehead atoms. The Morgan fingerprint density at radius 3 is 2.72 bits per heavy atom. The first kappa shape index (κ1) is 14.8. The topological polar surface area (TPSA) is 75.3 Å². The van der Waals surface area contributed by atoms with Gasteiger partial charge >= 0.3 is 0 Å². The number of rotatable bonds is 3. The molecule has 0 atom stereocenters. The highest BCUT2D eigenvalue weighted by molar-refractivity contribution is 5.97. The van der Waals surface area contributed by atoms with Crippen LogP contribution in [0.3, 0.4) is 0 Å². The van der Waals surface area contributed by atoms with Crippen LogP contribution in [0.5, 0.6) is 5.75 Å². The van der Waals surface area contributed by atoms with Crippen molar-refractivity contribution in [3.05, 3.63) is 29.3 Å². The van der Waals surface area contributed by atoms with Crippen molar-refractivity contribution in [2.45, 2.75) is 31.7 Å². The van der Waals surface area contributed by atoms with Gasteiger partial charge in [0.15, 0.2) is 0 Å². The van der Waals surface area contributed by atoms with Crippen LogP contribution in [0.25, 0.3) is 0 Å². The van der Waals surface area contributed by atoms with Crippen LogP contribution in [-0.2, 0) is 0 Å². The first-order chi connectivity index (χ1) is 8.00. The maximum atomic E-state index is 11.9. The Hall–Kier alpha value is -1.26. The molecule has 0 unspecified atom stereocenters. The Kier molecular flexibility index (Phi) is 4.59. The van der Waals surface area contributed by atoms with Gasteiger partial charge in [0, 0.05) is 12.1 Å². The average molecular weight is 271 g/mol. The lowest BCUT2D eigenvalue weighted by Crippen LogP contribution is -2.54. The van der Waals surface area contributed by atoms with Crippen molar-refractivity contribution in [2.75, 3.05) is 6.54 Å². The predicted molar refractivity (Wildman–Crippen MR) is 73.2 cm³/mol. The fraction of sp³-hybridized carbons (Fsp3) is 0.462. The first-order valence-electron chi connectivity index (χ1n) is 5.87. The quantitative estimate of drug-likeness (QED) is 0.783. The number of hydrogen-bond acceptors (Lipinski definition) is 3. The zero-order chi connectivity index (χ0) is 12.5. The lowest BCUT2D eigenvalue weighted by atomic mass is 9.78. The highest BCUT2D eigenvalue weighted by Gasteiger charge is 2.32. The lowest BCUT2D eigenvalue weighted by molar-refractivity contribution is 0.0927. The summed E-state index contributed by atoms with van der Waals surface area (Å²) < 4.78 is 0. The van der Waals surface area contributed by atoms with Gasteiger partial charge in [0.05, 0.1) is 5.56 Å². The SMILES string of the molecule is Cc1ccc(O)c(C(=O)NCC2(N)CCC2)c1.Cl. The number of carbonyl (C=O) groups excluding carboxylic acids is 1. The van der Waals surface area contributed by atoms with E-state index in [-0.39, 0.29) is 29.6 Å². The number of carbonyl (C=O) groups is 1. The number of phenolic OH excluding ortho intramolecular Hbond substituents is 1. The zero-order valence-corrected chi connectivity index (χ0v) is 11.2. The van der Waals surface area contributed by atoms with Gasteiger partial charge < -0.3 is 16.2 Å². The molecule has 0 spiro atoms. The molecule has 1 amide bonds. The second-order valence-electron chi connectivity index (χ2n) is 4.92. The molecule has 0 aliphatic heterocycles. The van der Waals surface area contributed by atoms with Crippen molar-refractivity contribution < 1.29 is 9.90 Å². The number of halogens is 1. The van der Waals surface area contributed by atoms with E-state index < -0.39 is 0 Å². The number of amides is 1. The van der Waals surface area contributed by atoms with Crippen LogP contribution in [0.4, 0.5) is 0 Å². The van der Waals surface area contributed by atoms with E-state index in [1.807, 2.05) is 6.92 Å². The third-order valence-corrected chi connectivity index (χ3v) is 3.35. The third kappa shape index (κ3) is 3.15. The Labute approximate surface area is 113 Å². The Bertz CT molecular complexity index is 445. The van der Waals surface area contributed by atoms with Crippen LogP contribution in [0.2, 0.25) is 0 Å². The molecular weight excluding hydrogens is 252 g/mol. The van der Waals surface area contributed by atoms with Crippen molar-refractivity contribution in [1.29, 1.82) is 0 Å². The number of hydrogen-bond donors (Lipinski definition) is 3. The van der Waals surface area contributed by atoms with Crippen LogP contribution in [0, 0.1) is 6.92 Å². The minimum absolute atomic E-state index is 0. The van der Waals surface area contributed by atoms with Crippen LogP contribution >= 0.6 is 12.4 Å². The third-order valence-electron chi connectivity index (χ3n) is 3.35. The van der Waals surface area contributed by atoms with Gasteiger partial charge in [-0.2, -0.15) is 0 Å². The normalized spacial score (nSPS) is 16.3. The lowest BCUT2D eigenvalue weighted by Gasteiger charge is -2.38. The number of aromatic hydroxyl groups is 1. The standard InChI is InChI=1S/C13H18N2O2.ClH/c1-9-3-4-11(16)10(7-9)12(17)15-8-13(14)5-2-6-13;/h3-4,7,16H,2,5-6,8,14H2,1H3,(H,15,17);1H. The molecule has 0 radical (unpaired) electrons. The van der Waals surface area contributed by atoms with Crippen molar-refractivity contribution in [1.82, 2.24) is 5.32 Å². The molecule has 1 aromatic rings. The summed E-state index contributed by atoms with van der Waals surface area (Å²) in [5.74, 6) is -0.254. The number of benzene rings is 1. The number of phenols is 1. The van der Waals surface area contributed by atoms with Crippen molar-refractivity contribution in [3.63, 3.8) is 0 Å². The molecule has 1 aromatic carbocycles. The Balaban J connectivity index is 0.00000162. The molecule has 0 aromatic heterocycles. The van der Waals surface area contributed by atoms with Gasteiger partial charge in [0.25, 0.3) is 5.91 Å². The fourth-order valence-corrected chi connectivity index (χ4v) is 1.99. The molecule has 100 valence electrons. The largest absolute Gasteiger partial charge is 0.507 e. The van der Waals surface area contributed by atoms with E-state index in [9.17, 15) is 9.90 Å². The van der Waals surface area contributed by atoms with Gasteiger partial charge in [-0.3, -0.25) is 4.79 Å². The van der Waals surface area contributed by atoms with E-state index in [1.165, 1.54) is 6.07 Å². The van der Waals surface area contributed by atoms with E-state index in [0.717, 1.165) is 24.8 Å². The molecule has 1 aliphatic rings. The number of nitrogens with one attached hydrogen (secondary N) is 1. The van der Waals surface area contributed by atoms with E-state index in [0.29, 0.717) is 12.1 Å². The van der Waals surface area contributed by atoms with Gasteiger partial charge in [-0.1, -0.05) is 11.6 Å². The first-order valence-corrected chi connectivity index (χ1v) is 5.87. The van der Waals surface area contributed by atoms with Gasteiger partial charge in [0.1, 0.15) is 5.75 Å². The second kappa shape index (κ2) is 5.59. The number of aryl methyl sites for hydroxylation is 1. The second-order valence-corrected chi connectivity index (χ2v) is 4.92. The minimum atomic E-state index is -0.261. The summed E-state index contributed by atoms with van der Waals surface area (Å²) in [5, 5.41) is 12.4. The molecule has 0 heterocycles. The zero-order valence-electron chi connectivity index (χ0n) is 10.4. The summed E-state index contributed by atoms with van der Waals surface area (Å²) in [4.78, 5) is 11.9. The predicted octanol–water partition coefficient (Wildman–Crippen LogP) is 1.73. The monoisotopic (exact) mass is 270 g/mol. The maximum Gasteiger partial charge on any atom is 0.255 e. The van der Waals surface area contributed by atoms with E-state index in [2.05, 4.69) is 5.32 Å². The fourth-order valence-electron chi connectivity index (χ4n) is 1.99. The summed E-state index contributed by atoms with van der Waals surface area (Å²) in [5.41, 5.74) is 7.04. The van der Waals surface area contributed by atoms with E-state index in [1.54, 1.807) is 12.1 Å². The van der Waals surface area contributed by atoms with Gasteiger partial charge in [0.2, 0.25) is 0 Å².